The van der Waals surface area contributed by atoms with Gasteiger partial charge >= 0.3 is 0 Å². The third-order valence-electron chi connectivity index (χ3n) is 4.19. The van der Waals surface area contributed by atoms with Crippen molar-refractivity contribution >= 4 is 17.7 Å². The molecule has 7 nitrogen and oxygen atoms in total. The summed E-state index contributed by atoms with van der Waals surface area (Å²) >= 11 is 0. The van der Waals surface area contributed by atoms with Crippen LogP contribution in [0.4, 0.5) is 0 Å². The van der Waals surface area contributed by atoms with Gasteiger partial charge in [0.15, 0.2) is 0 Å². The second-order valence-corrected chi connectivity index (χ2v) is 5.44. The molecule has 0 aliphatic carbocycles. The molecule has 0 saturated carbocycles. The van der Waals surface area contributed by atoms with E-state index in [-0.39, 0.29) is 13.2 Å². The van der Waals surface area contributed by atoms with Crippen LogP contribution in [0.3, 0.4) is 0 Å². The van der Waals surface area contributed by atoms with Crippen molar-refractivity contribution in [3.63, 3.8) is 0 Å². The van der Waals surface area contributed by atoms with E-state index in [1.54, 1.807) is 24.3 Å². The van der Waals surface area contributed by atoms with Crippen LogP contribution in [0, 0.1) is 0 Å². The van der Waals surface area contributed by atoms with Gasteiger partial charge in [-0.25, -0.2) is 0 Å². The van der Waals surface area contributed by atoms with E-state index in [4.69, 9.17) is 0 Å². The number of rotatable bonds is 3. The highest BCUT2D eigenvalue weighted by Crippen LogP contribution is 2.23. The Morgan fingerprint density at radius 2 is 1.77 bits per heavy atom. The predicted molar refractivity (Wildman–Crippen MR) is 75.0 cm³/mol. The molecule has 22 heavy (non-hydrogen) atoms. The Hall–Kier alpha value is -2.25. The van der Waals surface area contributed by atoms with E-state index in [2.05, 4.69) is 0 Å². The van der Waals surface area contributed by atoms with Gasteiger partial charge in [0.25, 0.3) is 11.8 Å². The van der Waals surface area contributed by atoms with Gasteiger partial charge in [-0.15, -0.1) is 0 Å². The molecule has 2 aliphatic rings. The molecule has 2 aliphatic heterocycles. The lowest BCUT2D eigenvalue weighted by Gasteiger charge is -2.26. The molecule has 1 aromatic carbocycles. The van der Waals surface area contributed by atoms with Crippen LogP contribution < -0.4 is 0 Å². The normalized spacial score (nSPS) is 24.1. The number of benzene rings is 1. The summed E-state index contributed by atoms with van der Waals surface area (Å²) in [5.74, 6) is -1.44. The van der Waals surface area contributed by atoms with Crippen LogP contribution in [-0.4, -0.2) is 69.6 Å². The van der Waals surface area contributed by atoms with Crippen molar-refractivity contribution in [1.82, 2.24) is 9.80 Å². The summed E-state index contributed by atoms with van der Waals surface area (Å²) < 4.78 is 0. The van der Waals surface area contributed by atoms with Crippen LogP contribution >= 0.6 is 0 Å². The van der Waals surface area contributed by atoms with E-state index in [0.29, 0.717) is 24.1 Å². The first-order valence-corrected chi connectivity index (χ1v) is 7.08. The lowest BCUT2D eigenvalue weighted by atomic mass is 10.1. The van der Waals surface area contributed by atoms with E-state index in [0.717, 1.165) is 4.90 Å². The number of hydrogen-bond acceptors (Lipinski definition) is 5. The van der Waals surface area contributed by atoms with Crippen molar-refractivity contribution in [2.45, 2.75) is 18.6 Å². The standard InChI is InChI=1S/C15H16N2O5/c18-8-11-12(19)5-6-16(11)13(20)7-17-14(21)9-3-1-2-4-10(9)15(17)22/h1-4,11-12,18-19H,5-8H2/t11-,12-/m1/s1. The van der Waals surface area contributed by atoms with Gasteiger partial charge in [0.2, 0.25) is 5.91 Å². The second kappa shape index (κ2) is 5.51. The smallest absolute Gasteiger partial charge is 0.262 e. The Morgan fingerprint density at radius 3 is 2.32 bits per heavy atom. The third kappa shape index (κ3) is 2.18. The highest BCUT2D eigenvalue weighted by molar-refractivity contribution is 6.22. The quantitative estimate of drug-likeness (QED) is 0.715. The topological polar surface area (TPSA) is 98.2 Å². The number of likely N-dealkylation sites (tertiary alicyclic amines) is 1. The summed E-state index contributed by atoms with van der Waals surface area (Å²) in [5, 5.41) is 19.0. The molecule has 116 valence electrons. The summed E-state index contributed by atoms with van der Waals surface area (Å²) in [7, 11) is 0. The summed E-state index contributed by atoms with van der Waals surface area (Å²) in [6.07, 6.45) is -0.407. The zero-order valence-corrected chi connectivity index (χ0v) is 11.8. The Balaban J connectivity index is 1.76. The van der Waals surface area contributed by atoms with Gasteiger partial charge < -0.3 is 15.1 Å². The minimum absolute atomic E-state index is 0.292. The number of amides is 3. The van der Waals surface area contributed by atoms with E-state index in [1.165, 1.54) is 4.90 Å². The minimum atomic E-state index is -0.781. The molecule has 0 unspecified atom stereocenters. The van der Waals surface area contributed by atoms with Crippen LogP contribution in [0.5, 0.6) is 0 Å². The molecule has 0 bridgehead atoms. The Bertz CT molecular complexity index is 610. The number of carbonyl (C=O) groups is 3. The third-order valence-corrected chi connectivity index (χ3v) is 4.19. The fraction of sp³-hybridized carbons (Fsp3) is 0.400. The average Bonchev–Trinajstić information content (AvgIpc) is 3.01. The lowest BCUT2D eigenvalue weighted by molar-refractivity contribution is -0.134. The number of aliphatic hydroxyl groups excluding tert-OH is 2. The zero-order valence-electron chi connectivity index (χ0n) is 11.8. The molecule has 7 heteroatoms. The Morgan fingerprint density at radius 1 is 1.18 bits per heavy atom. The first-order chi connectivity index (χ1) is 10.5. The summed E-state index contributed by atoms with van der Waals surface area (Å²) in [6.45, 7) is -0.432. The SMILES string of the molecule is O=C1c2ccccc2C(=O)N1CC(=O)N1CC[C@@H](O)[C@H]1CO. The number of fused-ring (bicyclic) bond motifs is 1. The average molecular weight is 304 g/mol. The predicted octanol–water partition coefficient (Wildman–Crippen LogP) is -0.763. The number of aliphatic hydroxyl groups is 2. The van der Waals surface area contributed by atoms with E-state index in [1.807, 2.05) is 0 Å². The Kier molecular flexibility index (Phi) is 3.67. The van der Waals surface area contributed by atoms with Crippen molar-refractivity contribution < 1.29 is 24.6 Å². The molecule has 1 saturated heterocycles. The maximum atomic E-state index is 12.3. The van der Waals surface area contributed by atoms with Crippen molar-refractivity contribution in [2.75, 3.05) is 19.7 Å². The van der Waals surface area contributed by atoms with Crippen LogP contribution in [0.2, 0.25) is 0 Å². The van der Waals surface area contributed by atoms with Crippen LogP contribution in [0.25, 0.3) is 0 Å². The second-order valence-electron chi connectivity index (χ2n) is 5.44. The van der Waals surface area contributed by atoms with Gasteiger partial charge in [-0.05, 0) is 18.6 Å². The van der Waals surface area contributed by atoms with E-state index in [9.17, 15) is 24.6 Å². The number of imide groups is 1. The fourth-order valence-corrected chi connectivity index (χ4v) is 2.98. The molecule has 3 rings (SSSR count). The highest BCUT2D eigenvalue weighted by Gasteiger charge is 2.40. The van der Waals surface area contributed by atoms with Crippen LogP contribution in [0.15, 0.2) is 24.3 Å². The van der Waals surface area contributed by atoms with Crippen molar-refractivity contribution in [3.8, 4) is 0 Å². The first kappa shape index (κ1) is 14.7. The van der Waals surface area contributed by atoms with Crippen LogP contribution in [-0.2, 0) is 4.79 Å². The van der Waals surface area contributed by atoms with Gasteiger partial charge in [0.1, 0.15) is 6.54 Å². The molecule has 1 fully saturated rings. The van der Waals surface area contributed by atoms with Gasteiger partial charge in [0, 0.05) is 6.54 Å². The first-order valence-electron chi connectivity index (χ1n) is 7.08. The number of carbonyl (C=O) groups excluding carboxylic acids is 3. The summed E-state index contributed by atoms with van der Waals surface area (Å²) in [6, 6.07) is 5.75. The minimum Gasteiger partial charge on any atom is -0.394 e. The molecular formula is C15H16N2O5. The van der Waals surface area contributed by atoms with Gasteiger partial charge in [-0.1, -0.05) is 12.1 Å². The molecule has 3 amide bonds. The summed E-state index contributed by atoms with van der Waals surface area (Å²) in [5.41, 5.74) is 0.584. The largest absolute Gasteiger partial charge is 0.394 e. The van der Waals surface area contributed by atoms with Gasteiger partial charge in [0.05, 0.1) is 29.9 Å². The molecular weight excluding hydrogens is 288 g/mol. The molecule has 0 spiro atoms. The van der Waals surface area contributed by atoms with Gasteiger partial charge in [-0.3, -0.25) is 19.3 Å². The summed E-state index contributed by atoms with van der Waals surface area (Å²) in [4.78, 5) is 39.0. The maximum Gasteiger partial charge on any atom is 0.262 e. The van der Waals surface area contributed by atoms with Crippen molar-refractivity contribution in [2.24, 2.45) is 0 Å². The molecule has 2 heterocycles. The molecule has 2 N–H and O–H groups in total. The Labute approximate surface area is 126 Å². The van der Waals surface area contributed by atoms with Crippen LogP contribution in [0.1, 0.15) is 27.1 Å². The zero-order chi connectivity index (χ0) is 15.9. The molecule has 0 aromatic heterocycles. The molecule has 1 aromatic rings. The van der Waals surface area contributed by atoms with Crippen molar-refractivity contribution in [3.05, 3.63) is 35.4 Å². The maximum absolute atomic E-state index is 12.3. The molecule has 0 radical (unpaired) electrons. The van der Waals surface area contributed by atoms with E-state index >= 15 is 0 Å². The van der Waals surface area contributed by atoms with Crippen molar-refractivity contribution in [1.29, 1.82) is 0 Å². The van der Waals surface area contributed by atoms with E-state index < -0.39 is 29.9 Å². The number of hydrogen-bond donors (Lipinski definition) is 2. The lowest BCUT2D eigenvalue weighted by Crippen LogP contribution is -2.47. The van der Waals surface area contributed by atoms with Gasteiger partial charge in [-0.2, -0.15) is 0 Å². The fourth-order valence-electron chi connectivity index (χ4n) is 2.98. The molecule has 2 atom stereocenters. The highest BCUT2D eigenvalue weighted by atomic mass is 16.3. The monoisotopic (exact) mass is 304 g/mol. The number of nitrogens with zero attached hydrogens (tertiary/aromatic N) is 2.